The van der Waals surface area contributed by atoms with Crippen molar-refractivity contribution in [3.05, 3.63) is 47.5 Å². The predicted molar refractivity (Wildman–Crippen MR) is 63.3 cm³/mol. The maximum absolute atomic E-state index is 11.2. The van der Waals surface area contributed by atoms with Crippen molar-refractivity contribution in [2.75, 3.05) is 0 Å². The van der Waals surface area contributed by atoms with Crippen LogP contribution in [-0.4, -0.2) is 5.78 Å². The van der Waals surface area contributed by atoms with Crippen molar-refractivity contribution in [3.8, 4) is 0 Å². The van der Waals surface area contributed by atoms with Crippen LogP contribution >= 0.6 is 0 Å². The van der Waals surface area contributed by atoms with Gasteiger partial charge in [0.15, 0.2) is 5.78 Å². The summed E-state index contributed by atoms with van der Waals surface area (Å²) in [6.45, 7) is 3.74. The molecule has 2 aromatic carbocycles. The Kier molecular flexibility index (Phi) is 2.55. The lowest BCUT2D eigenvalue weighted by Gasteiger charge is -2.03. The first-order chi connectivity index (χ1) is 7.20. The average Bonchev–Trinajstić information content (AvgIpc) is 2.27. The van der Waals surface area contributed by atoms with Crippen LogP contribution in [0.15, 0.2) is 36.4 Å². The maximum Gasteiger partial charge on any atom is 0.159 e. The monoisotopic (exact) mass is 198 g/mol. The second kappa shape index (κ2) is 3.85. The van der Waals surface area contributed by atoms with Crippen molar-refractivity contribution in [2.24, 2.45) is 0 Å². The third kappa shape index (κ3) is 1.91. The van der Waals surface area contributed by atoms with Gasteiger partial charge in [-0.25, -0.2) is 0 Å². The molecule has 0 bridgehead atoms. The van der Waals surface area contributed by atoms with Gasteiger partial charge in [0.05, 0.1) is 0 Å². The highest BCUT2D eigenvalue weighted by Gasteiger charge is 2.01. The molecule has 1 heteroatoms. The van der Waals surface area contributed by atoms with Gasteiger partial charge in [-0.3, -0.25) is 4.79 Å². The van der Waals surface area contributed by atoms with E-state index in [4.69, 9.17) is 0 Å². The number of hydrogen-bond acceptors (Lipinski definition) is 1. The van der Waals surface area contributed by atoms with Gasteiger partial charge >= 0.3 is 0 Å². The molecule has 0 aliphatic carbocycles. The van der Waals surface area contributed by atoms with Crippen molar-refractivity contribution >= 4 is 16.6 Å². The molecule has 0 amide bonds. The fraction of sp³-hybridized carbons (Fsp3) is 0.214. The Bertz CT molecular complexity index is 512. The number of rotatable bonds is 2. The van der Waals surface area contributed by atoms with Crippen LogP contribution in [-0.2, 0) is 6.42 Å². The molecular formula is C14H14O. The fourth-order valence-corrected chi connectivity index (χ4v) is 1.74. The Hall–Kier alpha value is -1.63. The Morgan fingerprint density at radius 3 is 2.47 bits per heavy atom. The summed E-state index contributed by atoms with van der Waals surface area (Å²) in [5.74, 6) is 0.124. The molecule has 0 saturated heterocycles. The number of Topliss-reactive ketones (excluding diaryl/α,β-unsaturated/α-hetero) is 1. The van der Waals surface area contributed by atoms with Crippen molar-refractivity contribution in [1.29, 1.82) is 0 Å². The molecule has 0 aliphatic heterocycles. The molecule has 0 fully saturated rings. The normalized spacial score (nSPS) is 10.5. The first kappa shape index (κ1) is 9.91. The minimum Gasteiger partial charge on any atom is -0.295 e. The summed E-state index contributed by atoms with van der Waals surface area (Å²) in [5.41, 5.74) is 2.10. The Labute approximate surface area is 89.7 Å². The number of carbonyl (C=O) groups excluding carboxylic acids is 1. The minimum absolute atomic E-state index is 0.124. The van der Waals surface area contributed by atoms with Gasteiger partial charge in [-0.1, -0.05) is 37.3 Å². The lowest BCUT2D eigenvalue weighted by molar-refractivity contribution is 0.101. The molecule has 2 aromatic rings. The number of aryl methyl sites for hydroxylation is 1. The molecule has 0 saturated carbocycles. The summed E-state index contributed by atoms with van der Waals surface area (Å²) in [6.07, 6.45) is 1.03. The average molecular weight is 198 g/mol. The Morgan fingerprint density at radius 1 is 1.07 bits per heavy atom. The van der Waals surface area contributed by atoms with Crippen LogP contribution in [0.5, 0.6) is 0 Å². The lowest BCUT2D eigenvalue weighted by Crippen LogP contribution is -1.91. The van der Waals surface area contributed by atoms with Gasteiger partial charge in [0.2, 0.25) is 0 Å². The molecule has 0 aromatic heterocycles. The summed E-state index contributed by atoms with van der Waals surface area (Å²) in [4.78, 5) is 11.2. The topological polar surface area (TPSA) is 17.1 Å². The van der Waals surface area contributed by atoms with E-state index in [0.717, 1.165) is 17.4 Å². The molecule has 0 spiro atoms. The second-order valence-electron chi connectivity index (χ2n) is 3.81. The molecular weight excluding hydrogens is 184 g/mol. The van der Waals surface area contributed by atoms with Crippen molar-refractivity contribution in [3.63, 3.8) is 0 Å². The van der Waals surface area contributed by atoms with Crippen LogP contribution in [0.1, 0.15) is 29.8 Å². The van der Waals surface area contributed by atoms with Crippen LogP contribution in [0.2, 0.25) is 0 Å². The standard InChI is InChI=1S/C14H14O/c1-3-11-4-5-12-6-7-13(10(2)15)9-14(12)8-11/h4-9H,3H2,1-2H3. The first-order valence-electron chi connectivity index (χ1n) is 5.24. The molecule has 0 aliphatic rings. The fourth-order valence-electron chi connectivity index (χ4n) is 1.74. The molecule has 76 valence electrons. The van der Waals surface area contributed by atoms with Gasteiger partial charge in [0.1, 0.15) is 0 Å². The highest BCUT2D eigenvalue weighted by atomic mass is 16.1. The van der Waals surface area contributed by atoms with E-state index in [-0.39, 0.29) is 5.78 Å². The zero-order valence-corrected chi connectivity index (χ0v) is 9.08. The largest absolute Gasteiger partial charge is 0.295 e. The molecule has 0 unspecified atom stereocenters. The smallest absolute Gasteiger partial charge is 0.159 e. The summed E-state index contributed by atoms with van der Waals surface area (Å²) >= 11 is 0. The number of benzene rings is 2. The zero-order chi connectivity index (χ0) is 10.8. The Morgan fingerprint density at radius 2 is 1.80 bits per heavy atom. The highest BCUT2D eigenvalue weighted by molar-refractivity contribution is 5.98. The van der Waals surface area contributed by atoms with Crippen LogP contribution < -0.4 is 0 Å². The molecule has 1 nitrogen and oxygen atoms in total. The molecule has 15 heavy (non-hydrogen) atoms. The molecule has 0 N–H and O–H groups in total. The third-order valence-electron chi connectivity index (χ3n) is 2.72. The summed E-state index contributed by atoms with van der Waals surface area (Å²) < 4.78 is 0. The molecule has 0 heterocycles. The number of hydrogen-bond donors (Lipinski definition) is 0. The van der Waals surface area contributed by atoms with E-state index in [1.165, 1.54) is 10.9 Å². The van der Waals surface area contributed by atoms with Crippen LogP contribution in [0.25, 0.3) is 10.8 Å². The summed E-state index contributed by atoms with van der Waals surface area (Å²) in [7, 11) is 0. The van der Waals surface area contributed by atoms with Gasteiger partial charge in [0, 0.05) is 5.56 Å². The number of fused-ring (bicyclic) bond motifs is 1. The van der Waals surface area contributed by atoms with Crippen LogP contribution in [0.4, 0.5) is 0 Å². The Balaban J connectivity index is 2.62. The van der Waals surface area contributed by atoms with Gasteiger partial charge < -0.3 is 0 Å². The van der Waals surface area contributed by atoms with Crippen molar-refractivity contribution in [1.82, 2.24) is 0 Å². The van der Waals surface area contributed by atoms with Crippen molar-refractivity contribution in [2.45, 2.75) is 20.3 Å². The minimum atomic E-state index is 0.124. The highest BCUT2D eigenvalue weighted by Crippen LogP contribution is 2.18. The van der Waals surface area contributed by atoms with Crippen LogP contribution in [0, 0.1) is 0 Å². The zero-order valence-electron chi connectivity index (χ0n) is 9.08. The first-order valence-corrected chi connectivity index (χ1v) is 5.24. The summed E-state index contributed by atoms with van der Waals surface area (Å²) in [5, 5.41) is 2.35. The van der Waals surface area contributed by atoms with E-state index < -0.39 is 0 Å². The third-order valence-corrected chi connectivity index (χ3v) is 2.72. The van der Waals surface area contributed by atoms with Crippen LogP contribution in [0.3, 0.4) is 0 Å². The van der Waals surface area contributed by atoms with E-state index in [9.17, 15) is 4.79 Å². The van der Waals surface area contributed by atoms with E-state index in [1.807, 2.05) is 18.2 Å². The number of carbonyl (C=O) groups is 1. The van der Waals surface area contributed by atoms with Gasteiger partial charge in [0.25, 0.3) is 0 Å². The van der Waals surface area contributed by atoms with E-state index in [1.54, 1.807) is 6.92 Å². The van der Waals surface area contributed by atoms with Gasteiger partial charge in [-0.2, -0.15) is 0 Å². The summed E-state index contributed by atoms with van der Waals surface area (Å²) in [6, 6.07) is 12.3. The molecule has 2 rings (SSSR count). The predicted octanol–water partition coefficient (Wildman–Crippen LogP) is 3.60. The van der Waals surface area contributed by atoms with Gasteiger partial charge in [-0.05, 0) is 35.7 Å². The SMILES string of the molecule is CCc1ccc2ccc(C(C)=O)cc2c1. The molecule has 0 atom stereocenters. The van der Waals surface area contributed by atoms with E-state index in [0.29, 0.717) is 0 Å². The van der Waals surface area contributed by atoms with Crippen molar-refractivity contribution < 1.29 is 4.79 Å². The second-order valence-corrected chi connectivity index (χ2v) is 3.81. The molecule has 0 radical (unpaired) electrons. The number of ketones is 1. The van der Waals surface area contributed by atoms with E-state index >= 15 is 0 Å². The van der Waals surface area contributed by atoms with E-state index in [2.05, 4.69) is 25.1 Å². The van der Waals surface area contributed by atoms with Gasteiger partial charge in [-0.15, -0.1) is 0 Å². The maximum atomic E-state index is 11.2. The lowest BCUT2D eigenvalue weighted by atomic mass is 10.0. The quantitative estimate of drug-likeness (QED) is 0.674.